The summed E-state index contributed by atoms with van der Waals surface area (Å²) in [6.45, 7) is 2.02. The molecule has 1 aliphatic rings. The van der Waals surface area contributed by atoms with Crippen LogP contribution in [0, 0.1) is 0 Å². The van der Waals surface area contributed by atoms with Gasteiger partial charge in [0.2, 0.25) is 20.0 Å². The summed E-state index contributed by atoms with van der Waals surface area (Å²) >= 11 is 0. The number of nitrogens with one attached hydrogen (secondary N) is 1. The van der Waals surface area contributed by atoms with Crippen molar-refractivity contribution < 1.29 is 16.8 Å². The molecule has 1 aliphatic heterocycles. The molecule has 0 bridgehead atoms. The first-order valence-corrected chi connectivity index (χ1v) is 9.88. The summed E-state index contributed by atoms with van der Waals surface area (Å²) in [4.78, 5) is -0.345. The highest BCUT2D eigenvalue weighted by molar-refractivity contribution is 7.92. The van der Waals surface area contributed by atoms with Gasteiger partial charge in [-0.15, -0.1) is 0 Å². The van der Waals surface area contributed by atoms with Crippen molar-refractivity contribution in [1.82, 2.24) is 13.9 Å². The van der Waals surface area contributed by atoms with Crippen molar-refractivity contribution in [3.8, 4) is 0 Å². The number of nitrogens with zero attached hydrogens (tertiary/aromatic N) is 2. The lowest BCUT2D eigenvalue weighted by molar-refractivity contribution is 0.429. The van der Waals surface area contributed by atoms with E-state index in [1.807, 2.05) is 0 Å². The van der Waals surface area contributed by atoms with E-state index in [4.69, 9.17) is 0 Å². The minimum atomic E-state index is -3.85. The van der Waals surface area contributed by atoms with E-state index in [1.54, 1.807) is 0 Å². The maximum absolute atomic E-state index is 12.8. The van der Waals surface area contributed by atoms with Crippen LogP contribution in [0.2, 0.25) is 0 Å². The van der Waals surface area contributed by atoms with Crippen LogP contribution in [0.5, 0.6) is 0 Å². The summed E-state index contributed by atoms with van der Waals surface area (Å²) in [6, 6.07) is 5.75. The summed E-state index contributed by atoms with van der Waals surface area (Å²) < 4.78 is 52.8. The first-order chi connectivity index (χ1) is 10.3. The van der Waals surface area contributed by atoms with E-state index in [-0.39, 0.29) is 9.79 Å². The summed E-state index contributed by atoms with van der Waals surface area (Å²) in [5.74, 6) is 0. The van der Waals surface area contributed by atoms with Crippen LogP contribution in [0.25, 0.3) is 0 Å². The Morgan fingerprint density at radius 2 is 1.64 bits per heavy atom. The maximum Gasteiger partial charge on any atom is 0.244 e. The van der Waals surface area contributed by atoms with Gasteiger partial charge in [-0.2, -0.15) is 4.31 Å². The van der Waals surface area contributed by atoms with Gasteiger partial charge >= 0.3 is 0 Å². The van der Waals surface area contributed by atoms with Crippen molar-refractivity contribution in [3.05, 3.63) is 24.3 Å². The Morgan fingerprint density at radius 3 is 2.27 bits per heavy atom. The molecule has 1 heterocycles. The van der Waals surface area contributed by atoms with Crippen LogP contribution in [0.4, 0.5) is 0 Å². The predicted octanol–water partition coefficient (Wildman–Crippen LogP) is -0.0791. The van der Waals surface area contributed by atoms with Gasteiger partial charge < -0.3 is 5.32 Å². The van der Waals surface area contributed by atoms with Gasteiger partial charge in [-0.25, -0.2) is 21.1 Å². The summed E-state index contributed by atoms with van der Waals surface area (Å²) in [5, 5.41) is 3.13. The minimum Gasteiger partial charge on any atom is -0.315 e. The second-order valence-electron chi connectivity index (χ2n) is 5.24. The Labute approximate surface area is 132 Å². The van der Waals surface area contributed by atoms with Crippen molar-refractivity contribution in [1.29, 1.82) is 0 Å². The number of hydrogen-bond donors (Lipinski definition) is 1. The molecule has 1 saturated heterocycles. The maximum atomic E-state index is 12.8. The van der Waals surface area contributed by atoms with Crippen molar-refractivity contribution >= 4 is 20.0 Å². The third kappa shape index (κ3) is 3.33. The third-order valence-electron chi connectivity index (χ3n) is 3.52. The molecule has 1 N–H and O–H groups in total. The molecule has 9 heteroatoms. The largest absolute Gasteiger partial charge is 0.315 e. The standard InChI is InChI=1S/C13H21N3O4S2/c1-15(2)21(17,18)12-6-3-4-7-13(12)22(19,20)16-10-5-8-14-9-11-16/h3-4,6-7,14H,5,8-11H2,1-2H3. The quantitative estimate of drug-likeness (QED) is 0.823. The summed E-state index contributed by atoms with van der Waals surface area (Å²) in [7, 11) is -4.90. The zero-order chi connectivity index (χ0) is 16.4. The molecule has 0 atom stereocenters. The zero-order valence-electron chi connectivity index (χ0n) is 12.7. The highest BCUT2D eigenvalue weighted by Gasteiger charge is 2.32. The SMILES string of the molecule is CN(C)S(=O)(=O)c1ccccc1S(=O)(=O)N1CCCNCC1. The lowest BCUT2D eigenvalue weighted by Gasteiger charge is -2.22. The van der Waals surface area contributed by atoms with Crippen molar-refractivity contribution in [2.24, 2.45) is 0 Å². The number of rotatable bonds is 4. The van der Waals surface area contributed by atoms with Crippen LogP contribution in [-0.4, -0.2) is 65.7 Å². The smallest absolute Gasteiger partial charge is 0.244 e. The molecular formula is C13H21N3O4S2. The second-order valence-corrected chi connectivity index (χ2v) is 9.27. The van der Waals surface area contributed by atoms with Crippen LogP contribution < -0.4 is 5.32 Å². The lowest BCUT2D eigenvalue weighted by atomic mass is 10.4. The molecule has 7 nitrogen and oxygen atoms in total. The molecule has 2 rings (SSSR count). The van der Waals surface area contributed by atoms with Crippen molar-refractivity contribution in [3.63, 3.8) is 0 Å². The molecule has 0 aliphatic carbocycles. The molecule has 0 radical (unpaired) electrons. The highest BCUT2D eigenvalue weighted by Crippen LogP contribution is 2.26. The fourth-order valence-electron chi connectivity index (χ4n) is 2.27. The van der Waals surface area contributed by atoms with Crippen LogP contribution in [-0.2, 0) is 20.0 Å². The average molecular weight is 347 g/mol. The first-order valence-electron chi connectivity index (χ1n) is 7.00. The molecule has 0 unspecified atom stereocenters. The van der Waals surface area contributed by atoms with Crippen LogP contribution >= 0.6 is 0 Å². The average Bonchev–Trinajstić information content (AvgIpc) is 2.76. The van der Waals surface area contributed by atoms with Crippen LogP contribution in [0.1, 0.15) is 6.42 Å². The Balaban J connectivity index is 2.53. The monoisotopic (exact) mass is 347 g/mol. The molecule has 124 valence electrons. The summed E-state index contributed by atoms with van der Waals surface area (Å²) in [5.41, 5.74) is 0. The second kappa shape index (κ2) is 6.63. The number of sulfonamides is 2. The van der Waals surface area contributed by atoms with Gasteiger partial charge in [0.15, 0.2) is 0 Å². The summed E-state index contributed by atoms with van der Waals surface area (Å²) in [6.07, 6.45) is 0.696. The molecule has 22 heavy (non-hydrogen) atoms. The van der Waals surface area contributed by atoms with Gasteiger partial charge in [0, 0.05) is 33.7 Å². The molecule has 0 aromatic heterocycles. The van der Waals surface area contributed by atoms with E-state index in [2.05, 4.69) is 5.32 Å². The van der Waals surface area contributed by atoms with E-state index < -0.39 is 20.0 Å². The van der Waals surface area contributed by atoms with Gasteiger partial charge in [0.25, 0.3) is 0 Å². The highest BCUT2D eigenvalue weighted by atomic mass is 32.2. The lowest BCUT2D eigenvalue weighted by Crippen LogP contribution is -2.35. The minimum absolute atomic E-state index is 0.161. The third-order valence-corrected chi connectivity index (χ3v) is 7.48. The zero-order valence-corrected chi connectivity index (χ0v) is 14.3. The molecule has 0 saturated carbocycles. The Morgan fingerprint density at radius 1 is 1.00 bits per heavy atom. The van der Waals surface area contributed by atoms with Gasteiger partial charge in [0.05, 0.1) is 0 Å². The topological polar surface area (TPSA) is 86.8 Å². The Hall–Kier alpha value is -1.00. The van der Waals surface area contributed by atoms with Gasteiger partial charge in [-0.3, -0.25) is 0 Å². The van der Waals surface area contributed by atoms with Gasteiger partial charge in [-0.1, -0.05) is 12.1 Å². The predicted molar refractivity (Wildman–Crippen MR) is 83.6 cm³/mol. The van der Waals surface area contributed by atoms with E-state index in [0.717, 1.165) is 10.8 Å². The van der Waals surface area contributed by atoms with Crippen LogP contribution in [0.15, 0.2) is 34.1 Å². The van der Waals surface area contributed by atoms with E-state index >= 15 is 0 Å². The molecule has 1 aromatic carbocycles. The van der Waals surface area contributed by atoms with E-state index in [1.165, 1.54) is 42.7 Å². The normalized spacial score (nSPS) is 18.3. The van der Waals surface area contributed by atoms with Gasteiger partial charge in [-0.05, 0) is 25.1 Å². The fraction of sp³-hybridized carbons (Fsp3) is 0.538. The van der Waals surface area contributed by atoms with Crippen molar-refractivity contribution in [2.45, 2.75) is 16.2 Å². The molecule has 1 aromatic rings. The Kier molecular flexibility index (Phi) is 5.23. The first kappa shape index (κ1) is 17.4. The molecule has 0 amide bonds. The molecule has 0 spiro atoms. The number of benzene rings is 1. The molecular weight excluding hydrogens is 326 g/mol. The van der Waals surface area contributed by atoms with E-state index in [0.29, 0.717) is 26.1 Å². The van der Waals surface area contributed by atoms with Gasteiger partial charge in [0.1, 0.15) is 9.79 Å². The van der Waals surface area contributed by atoms with Crippen molar-refractivity contribution in [2.75, 3.05) is 40.3 Å². The molecule has 1 fully saturated rings. The Bertz CT molecular complexity index is 721. The van der Waals surface area contributed by atoms with E-state index in [9.17, 15) is 16.8 Å². The number of hydrogen-bond acceptors (Lipinski definition) is 5. The van der Waals surface area contributed by atoms with Crippen LogP contribution in [0.3, 0.4) is 0 Å². The fourth-order valence-corrected chi connectivity index (χ4v) is 5.42.